The third kappa shape index (κ3) is 4.32. The average molecular weight is 323 g/mol. The molecule has 3 heterocycles. The number of fused-ring (bicyclic) bond motifs is 1. The van der Waals surface area contributed by atoms with Crippen LogP contribution in [0.5, 0.6) is 0 Å². The standard InChI is InChI=1S/C17H29N3O3/c1-19-13-18-16-10-20(5-8-21-2)9-15(17(16)19)12-23-11-14-3-6-22-7-4-14/h13-15H,3-12H2,1-2H3. The summed E-state index contributed by atoms with van der Waals surface area (Å²) in [5, 5.41) is 0. The van der Waals surface area contributed by atoms with Crippen LogP contribution in [0.25, 0.3) is 0 Å². The minimum atomic E-state index is 0.392. The Kier molecular flexibility index (Phi) is 6.05. The number of aryl methyl sites for hydroxylation is 1. The SMILES string of the molecule is COCCN1Cc2ncn(C)c2C(COCC2CCOCC2)C1. The molecular weight excluding hydrogens is 294 g/mol. The van der Waals surface area contributed by atoms with Crippen molar-refractivity contribution in [3.63, 3.8) is 0 Å². The van der Waals surface area contributed by atoms with Gasteiger partial charge in [0.25, 0.3) is 0 Å². The van der Waals surface area contributed by atoms with Gasteiger partial charge in [0.05, 0.1) is 25.2 Å². The van der Waals surface area contributed by atoms with E-state index in [4.69, 9.17) is 14.2 Å². The predicted octanol–water partition coefficient (Wildman–Crippen LogP) is 1.41. The molecule has 0 N–H and O–H groups in total. The summed E-state index contributed by atoms with van der Waals surface area (Å²) in [4.78, 5) is 6.99. The quantitative estimate of drug-likeness (QED) is 0.759. The first-order valence-electron chi connectivity index (χ1n) is 8.64. The lowest BCUT2D eigenvalue weighted by Crippen LogP contribution is -2.38. The Morgan fingerprint density at radius 2 is 2.13 bits per heavy atom. The molecule has 0 radical (unpaired) electrons. The van der Waals surface area contributed by atoms with E-state index in [2.05, 4.69) is 21.5 Å². The van der Waals surface area contributed by atoms with E-state index < -0.39 is 0 Å². The van der Waals surface area contributed by atoms with Gasteiger partial charge >= 0.3 is 0 Å². The first kappa shape index (κ1) is 16.9. The third-order valence-corrected chi connectivity index (χ3v) is 4.93. The molecule has 1 fully saturated rings. The molecule has 0 aliphatic carbocycles. The van der Waals surface area contributed by atoms with Crippen LogP contribution < -0.4 is 0 Å². The lowest BCUT2D eigenvalue weighted by atomic mass is 9.98. The van der Waals surface area contributed by atoms with E-state index in [1.807, 2.05) is 6.33 Å². The summed E-state index contributed by atoms with van der Waals surface area (Å²) in [6.45, 7) is 7.03. The van der Waals surface area contributed by atoms with Gasteiger partial charge in [-0.05, 0) is 18.8 Å². The van der Waals surface area contributed by atoms with E-state index >= 15 is 0 Å². The highest BCUT2D eigenvalue weighted by molar-refractivity contribution is 5.21. The fourth-order valence-electron chi connectivity index (χ4n) is 3.62. The molecule has 3 rings (SSSR count). The van der Waals surface area contributed by atoms with Crippen molar-refractivity contribution in [2.75, 3.05) is 53.2 Å². The van der Waals surface area contributed by atoms with E-state index in [1.54, 1.807) is 7.11 Å². The van der Waals surface area contributed by atoms with Gasteiger partial charge in [-0.2, -0.15) is 0 Å². The third-order valence-electron chi connectivity index (χ3n) is 4.93. The van der Waals surface area contributed by atoms with Gasteiger partial charge in [-0.25, -0.2) is 4.98 Å². The maximum atomic E-state index is 6.09. The smallest absolute Gasteiger partial charge is 0.0949 e. The van der Waals surface area contributed by atoms with E-state index in [1.165, 1.54) is 11.4 Å². The average Bonchev–Trinajstić information content (AvgIpc) is 2.95. The van der Waals surface area contributed by atoms with E-state index in [9.17, 15) is 0 Å². The molecule has 0 amide bonds. The zero-order valence-electron chi connectivity index (χ0n) is 14.4. The fourth-order valence-corrected chi connectivity index (χ4v) is 3.62. The Hall–Kier alpha value is -0.950. The van der Waals surface area contributed by atoms with Crippen LogP contribution in [0, 0.1) is 5.92 Å². The molecule has 2 aliphatic rings. The molecule has 23 heavy (non-hydrogen) atoms. The maximum absolute atomic E-state index is 6.09. The highest BCUT2D eigenvalue weighted by Gasteiger charge is 2.29. The highest BCUT2D eigenvalue weighted by Crippen LogP contribution is 2.28. The van der Waals surface area contributed by atoms with Crippen LogP contribution in [-0.2, 0) is 27.8 Å². The number of hydrogen-bond acceptors (Lipinski definition) is 5. The first-order valence-corrected chi connectivity index (χ1v) is 8.64. The monoisotopic (exact) mass is 323 g/mol. The first-order chi connectivity index (χ1) is 11.3. The van der Waals surface area contributed by atoms with Crippen molar-refractivity contribution < 1.29 is 14.2 Å². The van der Waals surface area contributed by atoms with Crippen LogP contribution in [-0.4, -0.2) is 67.7 Å². The van der Waals surface area contributed by atoms with Crippen molar-refractivity contribution in [2.24, 2.45) is 13.0 Å². The topological polar surface area (TPSA) is 48.8 Å². The lowest BCUT2D eigenvalue weighted by Gasteiger charge is -2.33. The molecule has 6 nitrogen and oxygen atoms in total. The molecule has 0 spiro atoms. The molecule has 2 aliphatic heterocycles. The molecule has 130 valence electrons. The Morgan fingerprint density at radius 3 is 2.91 bits per heavy atom. The van der Waals surface area contributed by atoms with Gasteiger partial charge in [0.15, 0.2) is 0 Å². The summed E-state index contributed by atoms with van der Waals surface area (Å²) in [7, 11) is 3.84. The van der Waals surface area contributed by atoms with E-state index in [-0.39, 0.29) is 0 Å². The van der Waals surface area contributed by atoms with E-state index in [0.29, 0.717) is 11.8 Å². The Bertz CT molecular complexity index is 485. The number of nitrogens with zero attached hydrogens (tertiary/aromatic N) is 3. The predicted molar refractivity (Wildman–Crippen MR) is 87.5 cm³/mol. The number of imidazole rings is 1. The van der Waals surface area contributed by atoms with Crippen LogP contribution in [0.2, 0.25) is 0 Å². The van der Waals surface area contributed by atoms with Crippen LogP contribution in [0.3, 0.4) is 0 Å². The summed E-state index contributed by atoms with van der Waals surface area (Å²) in [6, 6.07) is 0. The van der Waals surface area contributed by atoms with Gasteiger partial charge in [0, 0.05) is 65.2 Å². The number of methoxy groups -OCH3 is 1. The Labute approximate surface area is 138 Å². The van der Waals surface area contributed by atoms with Gasteiger partial charge in [-0.3, -0.25) is 4.90 Å². The molecule has 6 heteroatoms. The number of aromatic nitrogens is 2. The maximum Gasteiger partial charge on any atom is 0.0949 e. The molecule has 1 aromatic heterocycles. The van der Waals surface area contributed by atoms with Gasteiger partial charge in [0.2, 0.25) is 0 Å². The molecule has 1 atom stereocenters. The minimum absolute atomic E-state index is 0.392. The van der Waals surface area contributed by atoms with Crippen LogP contribution in [0.1, 0.15) is 30.1 Å². The van der Waals surface area contributed by atoms with Crippen molar-refractivity contribution >= 4 is 0 Å². The molecule has 0 saturated carbocycles. The zero-order valence-corrected chi connectivity index (χ0v) is 14.4. The number of rotatable bonds is 7. The number of hydrogen-bond donors (Lipinski definition) is 0. The van der Waals surface area contributed by atoms with Crippen LogP contribution in [0.15, 0.2) is 6.33 Å². The van der Waals surface area contributed by atoms with Crippen LogP contribution >= 0.6 is 0 Å². The zero-order chi connectivity index (χ0) is 16.1. The second-order valence-electron chi connectivity index (χ2n) is 6.71. The fraction of sp³-hybridized carbons (Fsp3) is 0.824. The van der Waals surface area contributed by atoms with Gasteiger partial charge in [-0.15, -0.1) is 0 Å². The Morgan fingerprint density at radius 1 is 1.30 bits per heavy atom. The molecule has 0 bridgehead atoms. The molecule has 0 aromatic carbocycles. The van der Waals surface area contributed by atoms with Crippen molar-refractivity contribution in [1.82, 2.24) is 14.5 Å². The molecule has 1 aromatic rings. The largest absolute Gasteiger partial charge is 0.383 e. The summed E-state index contributed by atoms with van der Waals surface area (Å²) < 4.78 is 18.9. The van der Waals surface area contributed by atoms with Crippen molar-refractivity contribution in [2.45, 2.75) is 25.3 Å². The lowest BCUT2D eigenvalue weighted by molar-refractivity contribution is 0.0122. The van der Waals surface area contributed by atoms with E-state index in [0.717, 1.165) is 65.5 Å². The van der Waals surface area contributed by atoms with Gasteiger partial charge < -0.3 is 18.8 Å². The highest BCUT2D eigenvalue weighted by atomic mass is 16.5. The molecule has 1 saturated heterocycles. The van der Waals surface area contributed by atoms with Crippen molar-refractivity contribution in [1.29, 1.82) is 0 Å². The second kappa shape index (κ2) is 8.24. The van der Waals surface area contributed by atoms with Gasteiger partial charge in [0.1, 0.15) is 0 Å². The minimum Gasteiger partial charge on any atom is -0.383 e. The molecule has 1 unspecified atom stereocenters. The van der Waals surface area contributed by atoms with Crippen molar-refractivity contribution in [3.05, 3.63) is 17.7 Å². The molecular formula is C17H29N3O3. The number of ether oxygens (including phenoxy) is 3. The van der Waals surface area contributed by atoms with Crippen LogP contribution in [0.4, 0.5) is 0 Å². The summed E-state index contributed by atoms with van der Waals surface area (Å²) in [5.74, 6) is 1.05. The Balaban J connectivity index is 1.56. The van der Waals surface area contributed by atoms with Crippen molar-refractivity contribution in [3.8, 4) is 0 Å². The second-order valence-corrected chi connectivity index (χ2v) is 6.71. The normalized spacial score (nSPS) is 23.1. The summed E-state index contributed by atoms with van der Waals surface area (Å²) in [6.07, 6.45) is 4.18. The summed E-state index contributed by atoms with van der Waals surface area (Å²) in [5.41, 5.74) is 2.53. The van der Waals surface area contributed by atoms with Gasteiger partial charge in [-0.1, -0.05) is 0 Å². The summed E-state index contributed by atoms with van der Waals surface area (Å²) >= 11 is 0.